The molecule has 0 saturated heterocycles. The Kier molecular flexibility index (Phi) is 3.08. The second kappa shape index (κ2) is 4.29. The van der Waals surface area contributed by atoms with Gasteiger partial charge in [-0.05, 0) is 18.6 Å². The SMILES string of the molecule is Cc1cc(Cl)cn2c(CC#N)c(C(C)(C)C)nc12. The molecule has 0 spiro atoms. The van der Waals surface area contributed by atoms with Gasteiger partial charge in [0.25, 0.3) is 0 Å². The second-order valence-corrected chi connectivity index (χ2v) is 5.96. The van der Waals surface area contributed by atoms with Gasteiger partial charge in [0, 0.05) is 11.6 Å². The van der Waals surface area contributed by atoms with E-state index in [4.69, 9.17) is 21.8 Å². The minimum Gasteiger partial charge on any atom is -0.301 e. The van der Waals surface area contributed by atoms with E-state index in [-0.39, 0.29) is 5.41 Å². The molecule has 18 heavy (non-hydrogen) atoms. The first-order chi connectivity index (χ1) is 8.34. The number of pyridine rings is 1. The van der Waals surface area contributed by atoms with Crippen molar-refractivity contribution in [2.45, 2.75) is 39.5 Å². The third-order valence-electron chi connectivity index (χ3n) is 2.93. The molecule has 0 saturated carbocycles. The molecule has 4 heteroatoms. The highest BCUT2D eigenvalue weighted by Crippen LogP contribution is 2.28. The Morgan fingerprint density at radius 1 is 1.44 bits per heavy atom. The van der Waals surface area contributed by atoms with E-state index in [2.05, 4.69) is 26.8 Å². The van der Waals surface area contributed by atoms with Gasteiger partial charge in [-0.1, -0.05) is 32.4 Å². The molecule has 2 rings (SSSR count). The summed E-state index contributed by atoms with van der Waals surface area (Å²) >= 11 is 6.09. The van der Waals surface area contributed by atoms with Crippen LogP contribution in [0.4, 0.5) is 0 Å². The highest BCUT2D eigenvalue weighted by atomic mass is 35.5. The van der Waals surface area contributed by atoms with Crippen LogP contribution in [-0.2, 0) is 11.8 Å². The van der Waals surface area contributed by atoms with Crippen LogP contribution in [0.5, 0.6) is 0 Å². The number of hydrogen-bond donors (Lipinski definition) is 0. The molecule has 0 bridgehead atoms. The van der Waals surface area contributed by atoms with Crippen LogP contribution in [0.15, 0.2) is 12.3 Å². The molecular formula is C14H16ClN3. The van der Waals surface area contributed by atoms with Crippen molar-refractivity contribution >= 4 is 17.2 Å². The van der Waals surface area contributed by atoms with Crippen molar-refractivity contribution in [3.63, 3.8) is 0 Å². The number of aryl methyl sites for hydroxylation is 1. The molecule has 3 nitrogen and oxygen atoms in total. The number of rotatable bonds is 1. The van der Waals surface area contributed by atoms with Crippen LogP contribution in [0, 0.1) is 18.3 Å². The van der Waals surface area contributed by atoms with Crippen molar-refractivity contribution in [2.24, 2.45) is 0 Å². The summed E-state index contributed by atoms with van der Waals surface area (Å²) in [6, 6.07) is 4.11. The highest BCUT2D eigenvalue weighted by Gasteiger charge is 2.24. The molecular weight excluding hydrogens is 246 g/mol. The number of nitriles is 1. The first kappa shape index (κ1) is 12.9. The zero-order valence-corrected chi connectivity index (χ0v) is 11.8. The van der Waals surface area contributed by atoms with Gasteiger partial charge in [0.1, 0.15) is 5.65 Å². The fourth-order valence-corrected chi connectivity index (χ4v) is 2.42. The Labute approximate surface area is 112 Å². The summed E-state index contributed by atoms with van der Waals surface area (Å²) in [5.41, 5.74) is 3.73. The average molecular weight is 262 g/mol. The molecule has 0 aromatic carbocycles. The van der Waals surface area contributed by atoms with Crippen LogP contribution in [-0.4, -0.2) is 9.38 Å². The van der Waals surface area contributed by atoms with Gasteiger partial charge in [-0.25, -0.2) is 4.98 Å². The van der Waals surface area contributed by atoms with Gasteiger partial charge in [-0.2, -0.15) is 5.26 Å². The van der Waals surface area contributed by atoms with E-state index in [1.807, 2.05) is 23.6 Å². The predicted molar refractivity (Wildman–Crippen MR) is 73.0 cm³/mol. The van der Waals surface area contributed by atoms with Crippen molar-refractivity contribution in [3.8, 4) is 6.07 Å². The summed E-state index contributed by atoms with van der Waals surface area (Å²) in [7, 11) is 0. The third kappa shape index (κ3) is 2.09. The number of hydrogen-bond acceptors (Lipinski definition) is 2. The summed E-state index contributed by atoms with van der Waals surface area (Å²) < 4.78 is 1.95. The van der Waals surface area contributed by atoms with E-state index >= 15 is 0 Å². The van der Waals surface area contributed by atoms with Crippen LogP contribution in [0.2, 0.25) is 5.02 Å². The molecule has 0 aliphatic carbocycles. The van der Waals surface area contributed by atoms with Gasteiger partial charge in [0.05, 0.1) is 28.9 Å². The first-order valence-corrected chi connectivity index (χ1v) is 6.27. The molecule has 0 aliphatic heterocycles. The van der Waals surface area contributed by atoms with Gasteiger partial charge < -0.3 is 4.40 Å². The topological polar surface area (TPSA) is 41.1 Å². The number of halogens is 1. The summed E-state index contributed by atoms with van der Waals surface area (Å²) in [6.45, 7) is 8.29. The Morgan fingerprint density at radius 3 is 2.67 bits per heavy atom. The van der Waals surface area contributed by atoms with Crippen LogP contribution >= 0.6 is 11.6 Å². The second-order valence-electron chi connectivity index (χ2n) is 5.53. The molecule has 0 amide bonds. The largest absolute Gasteiger partial charge is 0.301 e. The number of fused-ring (bicyclic) bond motifs is 1. The maximum absolute atomic E-state index is 9.00. The monoisotopic (exact) mass is 261 g/mol. The van der Waals surface area contributed by atoms with Crippen molar-refractivity contribution in [3.05, 3.63) is 34.2 Å². The molecule has 2 heterocycles. The van der Waals surface area contributed by atoms with Crippen molar-refractivity contribution in [1.82, 2.24) is 9.38 Å². The zero-order valence-electron chi connectivity index (χ0n) is 11.1. The Balaban J connectivity index is 2.85. The average Bonchev–Trinajstić information content (AvgIpc) is 2.58. The normalized spacial score (nSPS) is 11.8. The Bertz CT molecular complexity index is 642. The smallest absolute Gasteiger partial charge is 0.140 e. The molecule has 0 unspecified atom stereocenters. The quantitative estimate of drug-likeness (QED) is 0.786. The molecule has 94 valence electrons. The van der Waals surface area contributed by atoms with E-state index in [0.29, 0.717) is 11.4 Å². The van der Waals surface area contributed by atoms with Crippen LogP contribution in [0.1, 0.15) is 37.7 Å². The molecule has 0 radical (unpaired) electrons. The van der Waals surface area contributed by atoms with Crippen molar-refractivity contribution in [1.29, 1.82) is 5.26 Å². The lowest BCUT2D eigenvalue weighted by Crippen LogP contribution is -2.14. The third-order valence-corrected chi connectivity index (χ3v) is 3.13. The summed E-state index contributed by atoms with van der Waals surface area (Å²) in [6.07, 6.45) is 2.17. The highest BCUT2D eigenvalue weighted by molar-refractivity contribution is 6.30. The number of imidazole rings is 1. The molecule has 2 aromatic heterocycles. The van der Waals surface area contributed by atoms with Gasteiger partial charge in [-0.15, -0.1) is 0 Å². The van der Waals surface area contributed by atoms with E-state index in [0.717, 1.165) is 22.6 Å². The summed E-state index contributed by atoms with van der Waals surface area (Å²) in [5.74, 6) is 0. The minimum absolute atomic E-state index is 0.0862. The molecule has 0 fully saturated rings. The maximum atomic E-state index is 9.00. The molecule has 0 aliphatic rings. The van der Waals surface area contributed by atoms with Gasteiger partial charge in [0.15, 0.2) is 0 Å². The maximum Gasteiger partial charge on any atom is 0.140 e. The zero-order chi connectivity index (χ0) is 13.5. The lowest BCUT2D eigenvalue weighted by molar-refractivity contribution is 0.566. The van der Waals surface area contributed by atoms with E-state index < -0.39 is 0 Å². The fraction of sp³-hybridized carbons (Fsp3) is 0.429. The van der Waals surface area contributed by atoms with Crippen molar-refractivity contribution in [2.75, 3.05) is 0 Å². The number of aromatic nitrogens is 2. The summed E-state index contributed by atoms with van der Waals surface area (Å²) in [4.78, 5) is 4.70. The van der Waals surface area contributed by atoms with Crippen LogP contribution in [0.3, 0.4) is 0 Å². The lowest BCUT2D eigenvalue weighted by Gasteiger charge is -2.16. The van der Waals surface area contributed by atoms with Gasteiger partial charge >= 0.3 is 0 Å². The minimum atomic E-state index is -0.0862. The van der Waals surface area contributed by atoms with Gasteiger partial charge in [0.2, 0.25) is 0 Å². The molecule has 0 N–H and O–H groups in total. The van der Waals surface area contributed by atoms with Crippen molar-refractivity contribution < 1.29 is 0 Å². The summed E-state index contributed by atoms with van der Waals surface area (Å²) in [5, 5.41) is 9.67. The standard InChI is InChI=1S/C14H16ClN3/c1-9-7-10(15)8-18-11(5-6-16)12(14(2,3)4)17-13(9)18/h7-8H,5H2,1-4H3. The molecule has 2 aromatic rings. The lowest BCUT2D eigenvalue weighted by atomic mass is 9.90. The van der Waals surface area contributed by atoms with E-state index in [1.54, 1.807) is 0 Å². The Hall–Kier alpha value is -1.53. The van der Waals surface area contributed by atoms with Gasteiger partial charge in [-0.3, -0.25) is 0 Å². The Morgan fingerprint density at radius 2 is 2.11 bits per heavy atom. The molecule has 0 atom stereocenters. The van der Waals surface area contributed by atoms with E-state index in [9.17, 15) is 0 Å². The number of nitrogens with zero attached hydrogens (tertiary/aromatic N) is 3. The van der Waals surface area contributed by atoms with Crippen LogP contribution < -0.4 is 0 Å². The van der Waals surface area contributed by atoms with Crippen LogP contribution in [0.25, 0.3) is 5.65 Å². The fourth-order valence-electron chi connectivity index (χ4n) is 2.16. The predicted octanol–water partition coefficient (Wildman–Crippen LogP) is 3.66. The first-order valence-electron chi connectivity index (χ1n) is 5.89. The van der Waals surface area contributed by atoms with E-state index in [1.165, 1.54) is 0 Å².